The van der Waals surface area contributed by atoms with Crippen LogP contribution in [-0.2, 0) is 0 Å². The minimum atomic E-state index is -0.252. The lowest BCUT2D eigenvalue weighted by atomic mass is 10.1. The number of aliphatic hydroxyl groups excluding tert-OH is 1. The Bertz CT molecular complexity index is 392. The summed E-state index contributed by atoms with van der Waals surface area (Å²) in [5.41, 5.74) is 2.19. The first-order chi connectivity index (χ1) is 8.70. The van der Waals surface area contributed by atoms with Crippen LogP contribution in [-0.4, -0.2) is 24.4 Å². The van der Waals surface area contributed by atoms with Gasteiger partial charge in [-0.25, -0.2) is 0 Å². The number of benzene rings is 1. The minimum absolute atomic E-state index is 0.142. The maximum atomic E-state index is 10.1. The van der Waals surface area contributed by atoms with Gasteiger partial charge in [-0.2, -0.15) is 0 Å². The van der Waals surface area contributed by atoms with Crippen molar-refractivity contribution in [3.05, 3.63) is 23.8 Å². The van der Waals surface area contributed by atoms with Gasteiger partial charge in [-0.15, -0.1) is 0 Å². The minimum Gasteiger partial charge on any atom is -0.495 e. The molecule has 1 aromatic carbocycles. The van der Waals surface area contributed by atoms with Gasteiger partial charge in [-0.3, -0.25) is 0 Å². The summed E-state index contributed by atoms with van der Waals surface area (Å²) < 4.78 is 5.36. The van der Waals surface area contributed by atoms with Crippen molar-refractivity contribution in [2.24, 2.45) is 0 Å². The monoisotopic (exact) mass is 249 g/mol. The van der Waals surface area contributed by atoms with Crippen LogP contribution in [0.4, 0.5) is 5.69 Å². The summed E-state index contributed by atoms with van der Waals surface area (Å²) >= 11 is 0. The van der Waals surface area contributed by atoms with Crippen molar-refractivity contribution in [2.75, 3.05) is 12.4 Å². The first-order valence-electron chi connectivity index (χ1n) is 6.80. The second kappa shape index (κ2) is 6.10. The average Bonchev–Trinajstić information content (AvgIpc) is 2.55. The molecule has 1 fully saturated rings. The second-order valence-corrected chi connectivity index (χ2v) is 5.16. The molecule has 0 spiro atoms. The van der Waals surface area contributed by atoms with E-state index in [1.807, 2.05) is 12.1 Å². The van der Waals surface area contributed by atoms with E-state index in [1.54, 1.807) is 7.11 Å². The summed E-state index contributed by atoms with van der Waals surface area (Å²) in [6.45, 7) is 2.06. The van der Waals surface area contributed by atoms with E-state index < -0.39 is 0 Å². The molecule has 0 bridgehead atoms. The highest BCUT2D eigenvalue weighted by molar-refractivity contribution is 5.58. The molecule has 1 saturated carbocycles. The molecule has 2 N–H and O–H groups in total. The highest BCUT2D eigenvalue weighted by Gasteiger charge is 2.22. The average molecular weight is 249 g/mol. The number of rotatable bonds is 3. The summed E-state index contributed by atoms with van der Waals surface area (Å²) in [6, 6.07) is 6.23. The fraction of sp³-hybridized carbons (Fsp3) is 0.600. The van der Waals surface area contributed by atoms with E-state index in [9.17, 15) is 5.11 Å². The highest BCUT2D eigenvalue weighted by atomic mass is 16.5. The summed E-state index contributed by atoms with van der Waals surface area (Å²) in [4.78, 5) is 0. The Labute approximate surface area is 109 Å². The summed E-state index contributed by atoms with van der Waals surface area (Å²) in [5.74, 6) is 0.844. The molecule has 0 saturated heterocycles. The molecular weight excluding hydrogens is 226 g/mol. The third kappa shape index (κ3) is 3.16. The smallest absolute Gasteiger partial charge is 0.141 e. The van der Waals surface area contributed by atoms with Crippen molar-refractivity contribution in [1.82, 2.24) is 0 Å². The van der Waals surface area contributed by atoms with Crippen LogP contribution in [0.3, 0.4) is 0 Å². The van der Waals surface area contributed by atoms with Crippen LogP contribution < -0.4 is 10.1 Å². The van der Waals surface area contributed by atoms with E-state index in [-0.39, 0.29) is 12.1 Å². The van der Waals surface area contributed by atoms with E-state index in [1.165, 1.54) is 18.4 Å². The van der Waals surface area contributed by atoms with Crippen molar-refractivity contribution >= 4 is 5.69 Å². The van der Waals surface area contributed by atoms with Crippen LogP contribution in [0.2, 0.25) is 0 Å². The molecule has 1 aliphatic carbocycles. The maximum absolute atomic E-state index is 10.1. The second-order valence-electron chi connectivity index (χ2n) is 5.16. The molecule has 3 nitrogen and oxygen atoms in total. The Balaban J connectivity index is 2.13. The van der Waals surface area contributed by atoms with Crippen molar-refractivity contribution < 1.29 is 9.84 Å². The number of ether oxygens (including phenoxy) is 1. The molecule has 2 atom stereocenters. The predicted octanol–water partition coefficient (Wildman–Crippen LogP) is 3.11. The zero-order valence-corrected chi connectivity index (χ0v) is 11.3. The number of nitrogens with one attached hydrogen (secondary N) is 1. The van der Waals surface area contributed by atoms with Crippen LogP contribution in [0, 0.1) is 6.92 Å². The van der Waals surface area contributed by atoms with Crippen LogP contribution in [0.1, 0.15) is 37.7 Å². The molecule has 0 radical (unpaired) electrons. The molecule has 2 unspecified atom stereocenters. The van der Waals surface area contributed by atoms with Crippen molar-refractivity contribution in [1.29, 1.82) is 0 Å². The van der Waals surface area contributed by atoms with Crippen molar-refractivity contribution in [2.45, 2.75) is 51.2 Å². The molecule has 100 valence electrons. The maximum Gasteiger partial charge on any atom is 0.141 e. The standard InChI is InChI=1S/C15H23NO2/c1-11-8-9-15(18-2)13(10-11)16-12-6-4-3-5-7-14(12)17/h8-10,12,14,16-17H,3-7H2,1-2H3. The zero-order valence-electron chi connectivity index (χ0n) is 11.3. The van der Waals surface area contributed by atoms with Gasteiger partial charge in [-0.05, 0) is 37.5 Å². The van der Waals surface area contributed by atoms with Gasteiger partial charge in [-0.1, -0.05) is 25.3 Å². The van der Waals surface area contributed by atoms with E-state index >= 15 is 0 Å². The zero-order chi connectivity index (χ0) is 13.0. The van der Waals surface area contributed by atoms with Gasteiger partial charge in [0.1, 0.15) is 5.75 Å². The lowest BCUT2D eigenvalue weighted by Gasteiger charge is -2.24. The van der Waals surface area contributed by atoms with Gasteiger partial charge in [0.15, 0.2) is 0 Å². The number of methoxy groups -OCH3 is 1. The molecular formula is C15H23NO2. The van der Waals surface area contributed by atoms with Gasteiger partial charge in [0.25, 0.3) is 0 Å². The Morgan fingerprint density at radius 3 is 2.78 bits per heavy atom. The van der Waals surface area contributed by atoms with Crippen LogP contribution >= 0.6 is 0 Å². The third-order valence-electron chi connectivity index (χ3n) is 3.68. The number of aliphatic hydroxyl groups is 1. The van der Waals surface area contributed by atoms with Gasteiger partial charge in [0, 0.05) is 0 Å². The van der Waals surface area contributed by atoms with Gasteiger partial charge < -0.3 is 15.2 Å². The van der Waals surface area contributed by atoms with E-state index in [2.05, 4.69) is 18.3 Å². The first-order valence-corrected chi connectivity index (χ1v) is 6.80. The molecule has 3 heteroatoms. The fourth-order valence-corrected chi connectivity index (χ4v) is 2.59. The van der Waals surface area contributed by atoms with Crippen molar-refractivity contribution in [3.63, 3.8) is 0 Å². The van der Waals surface area contributed by atoms with E-state index in [0.29, 0.717) is 0 Å². The fourth-order valence-electron chi connectivity index (χ4n) is 2.59. The lowest BCUT2D eigenvalue weighted by molar-refractivity contribution is 0.144. The highest BCUT2D eigenvalue weighted by Crippen LogP contribution is 2.29. The molecule has 1 aliphatic rings. The SMILES string of the molecule is COc1ccc(C)cc1NC1CCCCCC1O. The normalized spacial score (nSPS) is 24.4. The van der Waals surface area contributed by atoms with Crippen LogP contribution in [0.25, 0.3) is 0 Å². The van der Waals surface area contributed by atoms with Crippen LogP contribution in [0.15, 0.2) is 18.2 Å². The molecule has 0 aromatic heterocycles. The molecule has 0 amide bonds. The molecule has 0 heterocycles. The molecule has 18 heavy (non-hydrogen) atoms. The van der Waals surface area contributed by atoms with Crippen molar-refractivity contribution in [3.8, 4) is 5.75 Å². The molecule has 0 aliphatic heterocycles. The first kappa shape index (κ1) is 13.2. The number of hydrogen-bond donors (Lipinski definition) is 2. The van der Waals surface area contributed by atoms with E-state index in [0.717, 1.165) is 30.7 Å². The Morgan fingerprint density at radius 2 is 2.00 bits per heavy atom. The third-order valence-corrected chi connectivity index (χ3v) is 3.68. The summed E-state index contributed by atoms with van der Waals surface area (Å²) in [7, 11) is 1.68. The number of aryl methyl sites for hydroxylation is 1. The topological polar surface area (TPSA) is 41.5 Å². The summed E-state index contributed by atoms with van der Waals surface area (Å²) in [5, 5.41) is 13.6. The lowest BCUT2D eigenvalue weighted by Crippen LogP contribution is -2.32. The van der Waals surface area contributed by atoms with Gasteiger partial charge in [0.05, 0.1) is 24.9 Å². The molecule has 2 rings (SSSR count). The largest absolute Gasteiger partial charge is 0.495 e. The summed E-state index contributed by atoms with van der Waals surface area (Å²) in [6.07, 6.45) is 5.20. The van der Waals surface area contributed by atoms with Crippen LogP contribution in [0.5, 0.6) is 5.75 Å². The van der Waals surface area contributed by atoms with Gasteiger partial charge in [0.2, 0.25) is 0 Å². The number of hydrogen-bond acceptors (Lipinski definition) is 3. The van der Waals surface area contributed by atoms with E-state index in [4.69, 9.17) is 4.74 Å². The number of anilines is 1. The Hall–Kier alpha value is -1.22. The predicted molar refractivity (Wildman–Crippen MR) is 74.2 cm³/mol. The quantitative estimate of drug-likeness (QED) is 0.809. The Morgan fingerprint density at radius 1 is 1.22 bits per heavy atom. The Kier molecular flexibility index (Phi) is 4.48. The molecule has 1 aromatic rings. The van der Waals surface area contributed by atoms with Gasteiger partial charge >= 0.3 is 0 Å².